The van der Waals surface area contributed by atoms with E-state index < -0.39 is 0 Å². The molecule has 1 saturated carbocycles. The summed E-state index contributed by atoms with van der Waals surface area (Å²) >= 11 is 0. The Bertz CT molecular complexity index is 441. The lowest BCUT2D eigenvalue weighted by molar-refractivity contribution is -0.384. The fraction of sp³-hybridized carbons (Fsp3) is 0.571. The van der Waals surface area contributed by atoms with Crippen LogP contribution in [-0.2, 0) is 0 Å². The average Bonchev–Trinajstić information content (AvgIpc) is 3.17. The molecule has 1 aliphatic rings. The van der Waals surface area contributed by atoms with Crippen molar-refractivity contribution < 1.29 is 10.0 Å². The number of benzene rings is 1. The summed E-state index contributed by atoms with van der Waals surface area (Å²) in [5, 5.41) is 23.1. The van der Waals surface area contributed by atoms with Crippen LogP contribution in [0.2, 0.25) is 0 Å². The SMILES string of the molecule is CC(NCC1(CCO)CC1)c1ccc([N+](=O)[O-])cc1. The van der Waals surface area contributed by atoms with Gasteiger partial charge in [-0.05, 0) is 37.2 Å². The lowest BCUT2D eigenvalue weighted by atomic mass is 10.0. The maximum absolute atomic E-state index is 10.6. The minimum Gasteiger partial charge on any atom is -0.396 e. The van der Waals surface area contributed by atoms with Crippen LogP contribution >= 0.6 is 0 Å². The van der Waals surface area contributed by atoms with Crippen molar-refractivity contribution in [2.24, 2.45) is 5.41 Å². The number of rotatable bonds is 7. The Morgan fingerprint density at radius 1 is 1.42 bits per heavy atom. The summed E-state index contributed by atoms with van der Waals surface area (Å²) in [4.78, 5) is 10.2. The lowest BCUT2D eigenvalue weighted by Crippen LogP contribution is -2.27. The van der Waals surface area contributed by atoms with Crippen molar-refractivity contribution in [2.45, 2.75) is 32.2 Å². The summed E-state index contributed by atoms with van der Waals surface area (Å²) in [6.45, 7) is 3.19. The molecule has 1 aliphatic carbocycles. The van der Waals surface area contributed by atoms with Crippen LogP contribution in [0.25, 0.3) is 0 Å². The second-order valence-corrected chi connectivity index (χ2v) is 5.42. The third-order valence-corrected chi connectivity index (χ3v) is 3.99. The van der Waals surface area contributed by atoms with Crippen molar-refractivity contribution in [3.8, 4) is 0 Å². The minimum absolute atomic E-state index is 0.120. The Balaban J connectivity index is 1.89. The van der Waals surface area contributed by atoms with E-state index in [0.29, 0.717) is 0 Å². The van der Waals surface area contributed by atoms with E-state index in [2.05, 4.69) is 12.2 Å². The van der Waals surface area contributed by atoms with Crippen LogP contribution in [-0.4, -0.2) is 23.2 Å². The highest BCUT2D eigenvalue weighted by molar-refractivity contribution is 5.34. The summed E-state index contributed by atoms with van der Waals surface area (Å²) in [6, 6.07) is 6.82. The molecule has 5 nitrogen and oxygen atoms in total. The van der Waals surface area contributed by atoms with Gasteiger partial charge in [0.25, 0.3) is 5.69 Å². The first-order valence-electron chi connectivity index (χ1n) is 6.65. The molecule has 19 heavy (non-hydrogen) atoms. The predicted molar refractivity (Wildman–Crippen MR) is 72.9 cm³/mol. The predicted octanol–water partition coefficient (Wildman–Crippen LogP) is 2.41. The standard InChI is InChI=1S/C14H20N2O3/c1-11(15-10-14(6-7-14)8-9-17)12-2-4-13(5-3-12)16(18)19/h2-5,11,15,17H,6-10H2,1H3. The molecule has 1 fully saturated rings. The molecule has 2 rings (SSSR count). The molecular formula is C14H20N2O3. The smallest absolute Gasteiger partial charge is 0.269 e. The second-order valence-electron chi connectivity index (χ2n) is 5.42. The van der Waals surface area contributed by atoms with Crippen molar-refractivity contribution in [3.63, 3.8) is 0 Å². The average molecular weight is 264 g/mol. The number of hydrogen-bond acceptors (Lipinski definition) is 4. The van der Waals surface area contributed by atoms with E-state index in [1.54, 1.807) is 12.1 Å². The Morgan fingerprint density at radius 3 is 2.53 bits per heavy atom. The Labute approximate surface area is 112 Å². The maximum atomic E-state index is 10.6. The minimum atomic E-state index is -0.387. The molecule has 104 valence electrons. The first kappa shape index (κ1) is 14.0. The summed E-state index contributed by atoms with van der Waals surface area (Å²) in [6.07, 6.45) is 3.20. The summed E-state index contributed by atoms with van der Waals surface area (Å²) in [5.74, 6) is 0. The molecule has 0 aromatic heterocycles. The number of aliphatic hydroxyl groups excluding tert-OH is 1. The lowest BCUT2D eigenvalue weighted by Gasteiger charge is -2.19. The fourth-order valence-corrected chi connectivity index (χ4v) is 2.30. The van der Waals surface area contributed by atoms with Gasteiger partial charge in [-0.1, -0.05) is 12.1 Å². The zero-order valence-electron chi connectivity index (χ0n) is 11.1. The third kappa shape index (κ3) is 3.52. The molecule has 1 aromatic rings. The van der Waals surface area contributed by atoms with Crippen LogP contribution in [0, 0.1) is 15.5 Å². The molecule has 0 heterocycles. The van der Waals surface area contributed by atoms with E-state index in [1.807, 2.05) is 0 Å². The van der Waals surface area contributed by atoms with E-state index in [0.717, 1.165) is 18.5 Å². The number of nitro groups is 1. The molecule has 0 spiro atoms. The van der Waals surface area contributed by atoms with Gasteiger partial charge in [-0.3, -0.25) is 10.1 Å². The first-order valence-corrected chi connectivity index (χ1v) is 6.65. The van der Waals surface area contributed by atoms with E-state index in [4.69, 9.17) is 5.11 Å². The van der Waals surface area contributed by atoms with Crippen molar-refractivity contribution >= 4 is 5.69 Å². The molecular weight excluding hydrogens is 244 g/mol. The number of nitrogens with zero attached hydrogens (tertiary/aromatic N) is 1. The van der Waals surface area contributed by atoms with Crippen LogP contribution in [0.5, 0.6) is 0 Å². The monoisotopic (exact) mass is 264 g/mol. The zero-order valence-corrected chi connectivity index (χ0v) is 11.1. The van der Waals surface area contributed by atoms with Crippen molar-refractivity contribution in [1.82, 2.24) is 5.32 Å². The van der Waals surface area contributed by atoms with Gasteiger partial charge in [0.1, 0.15) is 0 Å². The highest BCUT2D eigenvalue weighted by Crippen LogP contribution is 2.48. The second kappa shape index (κ2) is 5.67. The van der Waals surface area contributed by atoms with Gasteiger partial charge >= 0.3 is 0 Å². The van der Waals surface area contributed by atoms with Crippen LogP contribution < -0.4 is 5.32 Å². The summed E-state index contributed by atoms with van der Waals surface area (Å²) < 4.78 is 0. The number of nitro benzene ring substituents is 1. The number of nitrogens with one attached hydrogen (secondary N) is 1. The van der Waals surface area contributed by atoms with Gasteiger partial charge in [0.2, 0.25) is 0 Å². The van der Waals surface area contributed by atoms with Crippen molar-refractivity contribution in [3.05, 3.63) is 39.9 Å². The van der Waals surface area contributed by atoms with Gasteiger partial charge in [0, 0.05) is 31.3 Å². The number of aliphatic hydroxyl groups is 1. The maximum Gasteiger partial charge on any atom is 0.269 e. The molecule has 1 aromatic carbocycles. The normalized spacial score (nSPS) is 18.0. The summed E-state index contributed by atoms with van der Waals surface area (Å²) in [5.41, 5.74) is 1.45. The Kier molecular flexibility index (Phi) is 4.17. The molecule has 1 atom stereocenters. The van der Waals surface area contributed by atoms with Crippen LogP contribution in [0.3, 0.4) is 0 Å². The number of hydrogen-bond donors (Lipinski definition) is 2. The molecule has 0 aliphatic heterocycles. The molecule has 0 bridgehead atoms. The number of non-ortho nitro benzene ring substituents is 1. The van der Waals surface area contributed by atoms with E-state index in [9.17, 15) is 10.1 Å². The van der Waals surface area contributed by atoms with Crippen LogP contribution in [0.1, 0.15) is 37.8 Å². The fourth-order valence-electron chi connectivity index (χ4n) is 2.30. The largest absolute Gasteiger partial charge is 0.396 e. The molecule has 0 amide bonds. The topological polar surface area (TPSA) is 75.4 Å². The van der Waals surface area contributed by atoms with Gasteiger partial charge < -0.3 is 10.4 Å². The quantitative estimate of drug-likeness (QED) is 0.585. The molecule has 5 heteroatoms. The Hall–Kier alpha value is -1.46. The third-order valence-electron chi connectivity index (χ3n) is 3.99. The highest BCUT2D eigenvalue weighted by Gasteiger charge is 2.41. The first-order chi connectivity index (χ1) is 9.06. The van der Waals surface area contributed by atoms with Crippen molar-refractivity contribution in [2.75, 3.05) is 13.2 Å². The highest BCUT2D eigenvalue weighted by atomic mass is 16.6. The van der Waals surface area contributed by atoms with Gasteiger partial charge in [0.05, 0.1) is 4.92 Å². The molecule has 0 saturated heterocycles. The zero-order chi connectivity index (χ0) is 13.9. The van der Waals surface area contributed by atoms with Crippen molar-refractivity contribution in [1.29, 1.82) is 0 Å². The molecule has 0 radical (unpaired) electrons. The van der Waals surface area contributed by atoms with Gasteiger partial charge in [-0.15, -0.1) is 0 Å². The van der Waals surface area contributed by atoms with Crippen LogP contribution in [0.4, 0.5) is 5.69 Å². The summed E-state index contributed by atoms with van der Waals surface area (Å²) in [7, 11) is 0. The van der Waals surface area contributed by atoms with E-state index >= 15 is 0 Å². The van der Waals surface area contributed by atoms with Crippen LogP contribution in [0.15, 0.2) is 24.3 Å². The van der Waals surface area contributed by atoms with Gasteiger partial charge in [-0.25, -0.2) is 0 Å². The van der Waals surface area contributed by atoms with E-state index in [1.165, 1.54) is 25.0 Å². The Morgan fingerprint density at radius 2 is 2.05 bits per heavy atom. The van der Waals surface area contributed by atoms with E-state index in [-0.39, 0.29) is 28.7 Å². The molecule has 2 N–H and O–H groups in total. The molecule has 1 unspecified atom stereocenters. The van der Waals surface area contributed by atoms with Gasteiger partial charge in [-0.2, -0.15) is 0 Å². The van der Waals surface area contributed by atoms with Gasteiger partial charge in [0.15, 0.2) is 0 Å².